The van der Waals surface area contributed by atoms with Crippen LogP contribution < -0.4 is 5.73 Å². The molecule has 0 aliphatic heterocycles. The Morgan fingerprint density at radius 3 is 2.47 bits per heavy atom. The fourth-order valence-electron chi connectivity index (χ4n) is 2.10. The van der Waals surface area contributed by atoms with Crippen molar-refractivity contribution in [1.82, 2.24) is 9.55 Å². The van der Waals surface area contributed by atoms with Crippen molar-refractivity contribution in [2.45, 2.75) is 45.7 Å². The SMILES string of the molecule is CCc1ccc(Cn2cnc(CC(N)CC)c2)cc1. The van der Waals surface area contributed by atoms with Crippen molar-refractivity contribution >= 4 is 0 Å². The number of aromatic nitrogens is 2. The van der Waals surface area contributed by atoms with Gasteiger partial charge in [0, 0.05) is 25.2 Å². The second-order valence-corrected chi connectivity index (χ2v) is 5.08. The molecule has 0 fully saturated rings. The van der Waals surface area contributed by atoms with Gasteiger partial charge >= 0.3 is 0 Å². The Balaban J connectivity index is 1.98. The molecule has 2 rings (SSSR count). The van der Waals surface area contributed by atoms with E-state index < -0.39 is 0 Å². The molecule has 1 heterocycles. The lowest BCUT2D eigenvalue weighted by atomic mass is 10.1. The fraction of sp³-hybridized carbons (Fsp3) is 0.438. The number of benzene rings is 1. The predicted molar refractivity (Wildman–Crippen MR) is 79.1 cm³/mol. The monoisotopic (exact) mass is 257 g/mol. The number of hydrogen-bond acceptors (Lipinski definition) is 2. The quantitative estimate of drug-likeness (QED) is 0.864. The van der Waals surface area contributed by atoms with Crippen LogP contribution in [0.3, 0.4) is 0 Å². The molecular weight excluding hydrogens is 234 g/mol. The molecule has 0 spiro atoms. The first-order valence-corrected chi connectivity index (χ1v) is 7.05. The van der Waals surface area contributed by atoms with E-state index in [4.69, 9.17) is 5.73 Å². The summed E-state index contributed by atoms with van der Waals surface area (Å²) in [4.78, 5) is 4.42. The lowest BCUT2D eigenvalue weighted by Crippen LogP contribution is -2.21. The fourth-order valence-corrected chi connectivity index (χ4v) is 2.10. The highest BCUT2D eigenvalue weighted by atomic mass is 15.0. The van der Waals surface area contributed by atoms with Crippen LogP contribution in [0.1, 0.15) is 37.1 Å². The van der Waals surface area contributed by atoms with Gasteiger partial charge in [0.1, 0.15) is 0 Å². The van der Waals surface area contributed by atoms with Crippen LogP contribution in [-0.2, 0) is 19.4 Å². The summed E-state index contributed by atoms with van der Waals surface area (Å²) in [5, 5.41) is 0. The second kappa shape index (κ2) is 6.53. The Morgan fingerprint density at radius 1 is 1.16 bits per heavy atom. The lowest BCUT2D eigenvalue weighted by Gasteiger charge is -2.05. The van der Waals surface area contributed by atoms with Gasteiger partial charge in [0.25, 0.3) is 0 Å². The van der Waals surface area contributed by atoms with Crippen LogP contribution in [0.4, 0.5) is 0 Å². The van der Waals surface area contributed by atoms with Crippen LogP contribution in [0.2, 0.25) is 0 Å². The maximum atomic E-state index is 5.95. The number of nitrogens with two attached hydrogens (primary N) is 1. The molecule has 3 nitrogen and oxygen atoms in total. The third-order valence-corrected chi connectivity index (χ3v) is 3.48. The molecule has 19 heavy (non-hydrogen) atoms. The lowest BCUT2D eigenvalue weighted by molar-refractivity contribution is 0.638. The highest BCUT2D eigenvalue weighted by Gasteiger charge is 2.05. The molecule has 0 aliphatic carbocycles. The summed E-state index contributed by atoms with van der Waals surface area (Å²) in [6, 6.07) is 8.99. The zero-order valence-corrected chi connectivity index (χ0v) is 11.8. The van der Waals surface area contributed by atoms with Gasteiger partial charge in [0.15, 0.2) is 0 Å². The van der Waals surface area contributed by atoms with Crippen LogP contribution in [-0.4, -0.2) is 15.6 Å². The van der Waals surface area contributed by atoms with Gasteiger partial charge in [-0.3, -0.25) is 0 Å². The molecule has 1 aromatic carbocycles. The molecule has 1 aromatic heterocycles. The summed E-state index contributed by atoms with van der Waals surface area (Å²) >= 11 is 0. The van der Waals surface area contributed by atoms with E-state index >= 15 is 0 Å². The first kappa shape index (κ1) is 13.8. The first-order valence-electron chi connectivity index (χ1n) is 7.05. The summed E-state index contributed by atoms with van der Waals surface area (Å²) in [7, 11) is 0. The molecule has 2 aromatic rings. The maximum absolute atomic E-state index is 5.95. The topological polar surface area (TPSA) is 43.8 Å². The maximum Gasteiger partial charge on any atom is 0.0952 e. The van der Waals surface area contributed by atoms with E-state index in [-0.39, 0.29) is 6.04 Å². The Bertz CT molecular complexity index is 499. The van der Waals surface area contributed by atoms with E-state index in [9.17, 15) is 0 Å². The van der Waals surface area contributed by atoms with Crippen molar-refractivity contribution < 1.29 is 0 Å². The zero-order chi connectivity index (χ0) is 13.7. The summed E-state index contributed by atoms with van der Waals surface area (Å²) in [6.45, 7) is 5.16. The summed E-state index contributed by atoms with van der Waals surface area (Å²) in [6.07, 6.45) is 6.93. The van der Waals surface area contributed by atoms with E-state index in [1.54, 1.807) is 0 Å². The van der Waals surface area contributed by atoms with Gasteiger partial charge < -0.3 is 10.3 Å². The van der Waals surface area contributed by atoms with Crippen molar-refractivity contribution in [3.05, 3.63) is 53.6 Å². The molecule has 0 saturated heterocycles. The minimum absolute atomic E-state index is 0.215. The van der Waals surface area contributed by atoms with E-state index in [0.717, 1.165) is 31.5 Å². The normalized spacial score (nSPS) is 12.6. The van der Waals surface area contributed by atoms with Crippen LogP contribution >= 0.6 is 0 Å². The van der Waals surface area contributed by atoms with Gasteiger partial charge in [-0.2, -0.15) is 0 Å². The Morgan fingerprint density at radius 2 is 1.84 bits per heavy atom. The summed E-state index contributed by atoms with van der Waals surface area (Å²) < 4.78 is 2.12. The van der Waals surface area contributed by atoms with Crippen molar-refractivity contribution in [1.29, 1.82) is 0 Å². The van der Waals surface area contributed by atoms with Gasteiger partial charge in [-0.15, -0.1) is 0 Å². The molecular formula is C16H23N3. The third-order valence-electron chi connectivity index (χ3n) is 3.48. The van der Waals surface area contributed by atoms with Crippen LogP contribution in [0, 0.1) is 0 Å². The molecule has 102 valence electrons. The molecule has 1 atom stereocenters. The molecule has 0 radical (unpaired) electrons. The van der Waals surface area contributed by atoms with E-state index in [1.165, 1.54) is 11.1 Å². The van der Waals surface area contributed by atoms with Gasteiger partial charge in [-0.1, -0.05) is 38.1 Å². The zero-order valence-electron chi connectivity index (χ0n) is 11.8. The van der Waals surface area contributed by atoms with Crippen molar-refractivity contribution in [3.63, 3.8) is 0 Å². The average Bonchev–Trinajstić information content (AvgIpc) is 2.86. The minimum atomic E-state index is 0.215. The number of hydrogen-bond donors (Lipinski definition) is 1. The van der Waals surface area contributed by atoms with Crippen LogP contribution in [0.25, 0.3) is 0 Å². The summed E-state index contributed by atoms with van der Waals surface area (Å²) in [5.41, 5.74) is 9.72. The molecule has 3 heteroatoms. The number of aryl methyl sites for hydroxylation is 1. The van der Waals surface area contributed by atoms with Crippen molar-refractivity contribution in [2.75, 3.05) is 0 Å². The van der Waals surface area contributed by atoms with Crippen LogP contribution in [0.15, 0.2) is 36.8 Å². The van der Waals surface area contributed by atoms with Gasteiger partial charge in [-0.05, 0) is 24.0 Å². The predicted octanol–water partition coefficient (Wildman–Crippen LogP) is 2.77. The Kier molecular flexibility index (Phi) is 4.74. The first-order chi connectivity index (χ1) is 9.21. The van der Waals surface area contributed by atoms with Gasteiger partial charge in [0.2, 0.25) is 0 Å². The van der Waals surface area contributed by atoms with Crippen molar-refractivity contribution in [3.8, 4) is 0 Å². The second-order valence-electron chi connectivity index (χ2n) is 5.08. The number of rotatable bonds is 6. The van der Waals surface area contributed by atoms with Gasteiger partial charge in [0.05, 0.1) is 12.0 Å². The molecule has 0 bridgehead atoms. The van der Waals surface area contributed by atoms with Gasteiger partial charge in [-0.25, -0.2) is 4.98 Å². The highest BCUT2D eigenvalue weighted by molar-refractivity contribution is 5.22. The van der Waals surface area contributed by atoms with E-state index in [1.807, 2.05) is 6.33 Å². The van der Waals surface area contributed by atoms with E-state index in [0.29, 0.717) is 0 Å². The number of imidazole rings is 1. The minimum Gasteiger partial charge on any atom is -0.333 e. The van der Waals surface area contributed by atoms with Crippen LogP contribution in [0.5, 0.6) is 0 Å². The van der Waals surface area contributed by atoms with E-state index in [2.05, 4.69) is 53.9 Å². The molecule has 2 N–H and O–H groups in total. The summed E-state index contributed by atoms with van der Waals surface area (Å²) in [5.74, 6) is 0. The van der Waals surface area contributed by atoms with Crippen molar-refractivity contribution in [2.24, 2.45) is 5.73 Å². The molecule has 0 saturated carbocycles. The average molecular weight is 257 g/mol. The Labute approximate surface area is 115 Å². The third kappa shape index (κ3) is 3.93. The molecule has 0 aliphatic rings. The standard InChI is InChI=1S/C16H23N3/c1-3-13-5-7-14(8-6-13)10-19-11-16(18-12-19)9-15(17)4-2/h5-8,11-12,15H,3-4,9-10,17H2,1-2H3. The number of nitrogens with zero attached hydrogens (tertiary/aromatic N) is 2. The Hall–Kier alpha value is -1.61. The molecule has 1 unspecified atom stereocenters. The largest absolute Gasteiger partial charge is 0.333 e. The molecule has 0 amide bonds. The smallest absolute Gasteiger partial charge is 0.0952 e. The highest BCUT2D eigenvalue weighted by Crippen LogP contribution is 2.08.